The summed E-state index contributed by atoms with van der Waals surface area (Å²) in [6.45, 7) is 3.73. The minimum absolute atomic E-state index is 0. The van der Waals surface area contributed by atoms with Gasteiger partial charge in [-0.05, 0) is 74.5 Å². The fourth-order valence-electron chi connectivity index (χ4n) is 12.4. The summed E-state index contributed by atoms with van der Waals surface area (Å²) in [6.07, 6.45) is 0. The van der Waals surface area contributed by atoms with Crippen LogP contribution < -0.4 is 7.58 Å². The summed E-state index contributed by atoms with van der Waals surface area (Å²) >= 11 is 2.91. The van der Waals surface area contributed by atoms with Gasteiger partial charge in [0.2, 0.25) is 17.7 Å². The number of benzene rings is 13. The van der Waals surface area contributed by atoms with E-state index in [1.807, 2.05) is 293 Å². The van der Waals surface area contributed by atoms with Crippen LogP contribution in [0.25, 0.3) is 147 Å². The number of phenols is 3. The molecule has 2 radical (unpaired) electrons. The van der Waals surface area contributed by atoms with Crippen molar-refractivity contribution in [2.45, 2.75) is 13.8 Å². The molecule has 0 aliphatic carbocycles. The van der Waals surface area contributed by atoms with Gasteiger partial charge < -0.3 is 46.1 Å². The molecule has 5 aromatic heterocycles. The largest absolute Gasteiger partial charge is 0.650 e. The standard InChI is InChI=1S/2C21H16N2O.2C21H15NO2.C11H11NO2.2Al.3Zn.2H/c2*24-18-14-8-7-13-17(18)21-22-19(15-9-3-1-4-10-15)20(23-21)16-11-5-2-6-12-16;2*23-18-14-8-7-13-17(18)21-22-19(15-9-3-1-4-10-15)20(24-21)16-11-5-2-6-12-16;1-7-8(2)14-11(12-7)9-5-3-4-6-10(9)13;;;;;;;/h2*1-14,24H,(H,22,23);2*1-14,23H;3-6,13H,1-2H3;;;;;;;/q;;;;;2*+1;;;;;/p-2. The quantitative estimate of drug-likeness (QED) is 0.0605. The molecule has 0 fully saturated rings. The minimum Gasteiger partial charge on any atom is -0.650 e. The summed E-state index contributed by atoms with van der Waals surface area (Å²) < 4.78 is 28.7. The molecule has 0 bridgehead atoms. The van der Waals surface area contributed by atoms with E-state index in [4.69, 9.17) is 35.8 Å². The molecule has 0 atom stereocenters. The van der Waals surface area contributed by atoms with E-state index < -0.39 is 0 Å². The van der Waals surface area contributed by atoms with Crippen LogP contribution in [0.1, 0.15) is 11.5 Å². The zero-order valence-corrected chi connectivity index (χ0v) is 75.0. The van der Waals surface area contributed by atoms with Gasteiger partial charge in [0.05, 0.1) is 67.8 Å². The smallest absolute Gasteiger partial charge is 0.494 e. The van der Waals surface area contributed by atoms with Crippen LogP contribution in [-0.2, 0) is 58.4 Å². The van der Waals surface area contributed by atoms with Gasteiger partial charge in [0, 0.05) is 103 Å². The molecule has 0 aliphatic heterocycles. The number of nitrogens with one attached hydrogen (secondary N) is 2. The third kappa shape index (κ3) is 20.4. The van der Waals surface area contributed by atoms with Gasteiger partial charge in [-0.1, -0.05) is 303 Å². The molecule has 5 heterocycles. The van der Waals surface area contributed by atoms with Gasteiger partial charge in [-0.2, -0.15) is 0 Å². The SMILES string of the molecule is Cc1nc(-c2ccccc2O)oc1C.Oc1ccccc1-c1nc(-c2ccccc2)c(-c2ccccc2)[nH]1.Oc1ccccc1-c1nc(-c2ccccc2)c(-c2ccccc2)o1.[AlH][O]c1ccccc1-c1nc(-c2ccccc2)c(-c2ccccc2)[nH]1.[AlH][O]c1ccccc1-c1nc(-c2ccccc2)c(-c2ccccc2)o1.[Zn].[Zn].[Zn]. The number of phenolic OH excluding ortho intramolecular Hbond substituents is 3. The molecular weight excluding hydrogens is 1620 g/mol. The second-order valence-corrected chi connectivity index (χ2v) is 26.0. The Kier molecular flexibility index (Phi) is 29.9. The predicted molar refractivity (Wildman–Crippen MR) is 447 cm³/mol. The van der Waals surface area contributed by atoms with Crippen molar-refractivity contribution in [3.05, 3.63) is 375 Å². The van der Waals surface area contributed by atoms with Crippen LogP contribution in [0.15, 0.2) is 377 Å². The Balaban J connectivity index is 0.000000142. The van der Waals surface area contributed by atoms with Gasteiger partial charge in [0.1, 0.15) is 46.0 Å². The van der Waals surface area contributed by atoms with E-state index in [0.29, 0.717) is 45.9 Å². The Bertz CT molecular complexity index is 5490. The Morgan fingerprint density at radius 2 is 0.522 bits per heavy atom. The minimum atomic E-state index is 0. The zero-order valence-electron chi connectivity index (χ0n) is 63.3. The Morgan fingerprint density at radius 1 is 0.261 bits per heavy atom. The van der Waals surface area contributed by atoms with E-state index in [-0.39, 0.29) is 75.7 Å². The summed E-state index contributed by atoms with van der Waals surface area (Å²) in [4.78, 5) is 30.2. The molecule has 5 N–H and O–H groups in total. The second-order valence-electron chi connectivity index (χ2n) is 25.4. The number of hydrogen-bond acceptors (Lipinski definition) is 13. The maximum Gasteiger partial charge on any atom is 0.494 e. The van der Waals surface area contributed by atoms with Crippen LogP contribution in [0.2, 0.25) is 0 Å². The summed E-state index contributed by atoms with van der Waals surface area (Å²) in [6, 6.07) is 118. The molecule has 18 rings (SSSR count). The number of para-hydroxylation sites is 5. The maximum absolute atomic E-state index is 10.1. The molecule has 13 aromatic carbocycles. The van der Waals surface area contributed by atoms with Crippen LogP contribution in [0, 0.1) is 13.8 Å². The average Bonchev–Trinajstić information content (AvgIpc) is 1.66. The normalized spacial score (nSPS) is 10.3. The summed E-state index contributed by atoms with van der Waals surface area (Å²) in [5.41, 5.74) is 18.1. The maximum atomic E-state index is 10.1. The molecular formula is C95H73Al2N7O8Zn3. The molecule has 15 nitrogen and oxygen atoms in total. The Labute approximate surface area is 721 Å². The number of aryl methyl sites for hydroxylation is 2. The van der Waals surface area contributed by atoms with Crippen molar-refractivity contribution in [2.75, 3.05) is 0 Å². The van der Waals surface area contributed by atoms with Crippen molar-refractivity contribution >= 4 is 33.2 Å². The average molecular weight is 1690 g/mol. The number of rotatable bonds is 15. The van der Waals surface area contributed by atoms with Crippen molar-refractivity contribution < 1.29 is 94.6 Å². The summed E-state index contributed by atoms with van der Waals surface area (Å²) in [7, 11) is 0. The molecule has 0 unspecified atom stereocenters. The zero-order chi connectivity index (χ0) is 77.0. The van der Waals surface area contributed by atoms with Crippen molar-refractivity contribution in [3.8, 4) is 176 Å². The number of hydrogen-bond donors (Lipinski definition) is 5. The first-order valence-electron chi connectivity index (χ1n) is 36.0. The number of aromatic amines is 2. The number of nitrogens with zero attached hydrogens (tertiary/aromatic N) is 5. The molecule has 0 amide bonds. The number of oxazole rings is 3. The van der Waals surface area contributed by atoms with E-state index >= 15 is 0 Å². The van der Waals surface area contributed by atoms with Crippen LogP contribution in [-0.4, -0.2) is 83.5 Å². The fraction of sp³-hybridized carbons (Fsp3) is 0.0211. The van der Waals surface area contributed by atoms with E-state index in [0.717, 1.165) is 124 Å². The number of H-pyrrole nitrogens is 2. The number of aromatic hydroxyl groups is 3. The summed E-state index contributed by atoms with van der Waals surface area (Å²) in [5.74, 6) is 7.25. The van der Waals surface area contributed by atoms with Gasteiger partial charge in [-0.3, -0.25) is 0 Å². The third-order valence-electron chi connectivity index (χ3n) is 18.1. The first kappa shape index (κ1) is 83.8. The Hall–Kier alpha value is -12.2. The van der Waals surface area contributed by atoms with Crippen LogP contribution >= 0.6 is 0 Å². The number of aromatic nitrogens is 7. The molecule has 0 spiro atoms. The summed E-state index contributed by atoms with van der Waals surface area (Å²) in [5, 5.41) is 29.8. The Morgan fingerprint density at radius 3 is 0.861 bits per heavy atom. The monoisotopic (exact) mass is 1690 g/mol. The fourth-order valence-corrected chi connectivity index (χ4v) is 12.9. The van der Waals surface area contributed by atoms with Crippen molar-refractivity contribution in [1.82, 2.24) is 34.9 Å². The van der Waals surface area contributed by atoms with Crippen molar-refractivity contribution in [2.24, 2.45) is 0 Å². The van der Waals surface area contributed by atoms with Gasteiger partial charge in [-0.15, -0.1) is 0 Å². The van der Waals surface area contributed by atoms with E-state index in [9.17, 15) is 15.3 Å². The third-order valence-corrected chi connectivity index (χ3v) is 18.7. The van der Waals surface area contributed by atoms with Crippen molar-refractivity contribution in [1.29, 1.82) is 0 Å². The molecule has 0 aliphatic rings. The van der Waals surface area contributed by atoms with E-state index in [1.165, 1.54) is 33.2 Å². The van der Waals surface area contributed by atoms with E-state index in [2.05, 4.69) is 56.3 Å². The molecule has 0 saturated carbocycles. The van der Waals surface area contributed by atoms with Crippen LogP contribution in [0.3, 0.4) is 0 Å². The molecule has 115 heavy (non-hydrogen) atoms. The molecule has 20 heteroatoms. The first-order chi connectivity index (χ1) is 55.1. The topological polar surface area (TPSA) is 215 Å². The number of imidazole rings is 2. The van der Waals surface area contributed by atoms with Gasteiger partial charge >= 0.3 is 33.2 Å². The van der Waals surface area contributed by atoms with Gasteiger partial charge in [0.15, 0.2) is 11.5 Å². The van der Waals surface area contributed by atoms with Gasteiger partial charge in [0.25, 0.3) is 0 Å². The van der Waals surface area contributed by atoms with Crippen LogP contribution in [0.5, 0.6) is 28.7 Å². The molecule has 548 valence electrons. The van der Waals surface area contributed by atoms with E-state index in [1.54, 1.807) is 48.5 Å². The molecule has 0 saturated heterocycles. The van der Waals surface area contributed by atoms with Crippen LogP contribution in [0.4, 0.5) is 0 Å². The van der Waals surface area contributed by atoms with Gasteiger partial charge in [-0.25, -0.2) is 24.9 Å². The predicted octanol–water partition coefficient (Wildman–Crippen LogP) is 22.6. The second kappa shape index (κ2) is 41.0. The molecule has 18 aromatic rings. The van der Waals surface area contributed by atoms with Crippen molar-refractivity contribution in [3.63, 3.8) is 0 Å². The first-order valence-corrected chi connectivity index (χ1v) is 37.2.